The van der Waals surface area contributed by atoms with Crippen molar-refractivity contribution < 1.29 is 4.79 Å². The van der Waals surface area contributed by atoms with Crippen LogP contribution in [-0.2, 0) is 4.79 Å². The summed E-state index contributed by atoms with van der Waals surface area (Å²) in [5, 5.41) is 3.54. The van der Waals surface area contributed by atoms with Crippen molar-refractivity contribution in [2.45, 2.75) is 58.0 Å². The van der Waals surface area contributed by atoms with E-state index in [0.717, 1.165) is 12.8 Å². The van der Waals surface area contributed by atoms with E-state index in [1.54, 1.807) is 0 Å². The van der Waals surface area contributed by atoms with Gasteiger partial charge in [-0.2, -0.15) is 0 Å². The lowest BCUT2D eigenvalue weighted by molar-refractivity contribution is -0.119. The van der Waals surface area contributed by atoms with E-state index in [1.807, 2.05) is 0 Å². The van der Waals surface area contributed by atoms with Gasteiger partial charge in [0.15, 0.2) is 0 Å². The fourth-order valence-corrected chi connectivity index (χ4v) is 2.29. The number of amides is 1. The smallest absolute Gasteiger partial charge is 0.217 e. The Labute approximate surface area is 86.4 Å². The van der Waals surface area contributed by atoms with Crippen molar-refractivity contribution >= 4 is 5.91 Å². The Morgan fingerprint density at radius 2 is 1.93 bits per heavy atom. The third kappa shape index (κ3) is 4.09. The molecule has 0 aliphatic heterocycles. The molecule has 0 aromatic carbocycles. The molecule has 0 atom stereocenters. The molecule has 3 heteroatoms. The van der Waals surface area contributed by atoms with Gasteiger partial charge >= 0.3 is 0 Å². The third-order valence-corrected chi connectivity index (χ3v) is 2.91. The molecule has 3 nitrogen and oxygen atoms in total. The van der Waals surface area contributed by atoms with E-state index in [2.05, 4.69) is 19.2 Å². The molecule has 82 valence electrons. The first-order valence-corrected chi connectivity index (χ1v) is 5.62. The molecular formula is C11H22N2O. The summed E-state index contributed by atoms with van der Waals surface area (Å²) in [4.78, 5) is 10.7. The van der Waals surface area contributed by atoms with Crippen molar-refractivity contribution in [3.63, 3.8) is 0 Å². The SMILES string of the molecule is CC(C)NC1CCC(CC(N)=O)CC1. The first kappa shape index (κ1) is 11.5. The Morgan fingerprint density at radius 3 is 2.36 bits per heavy atom. The summed E-state index contributed by atoms with van der Waals surface area (Å²) in [5.41, 5.74) is 5.18. The van der Waals surface area contributed by atoms with Crippen molar-refractivity contribution in [1.82, 2.24) is 5.32 Å². The number of hydrogen-bond donors (Lipinski definition) is 2. The Balaban J connectivity index is 2.21. The zero-order chi connectivity index (χ0) is 10.6. The maximum absolute atomic E-state index is 10.7. The number of hydrogen-bond acceptors (Lipinski definition) is 2. The Kier molecular flexibility index (Phi) is 4.39. The average molecular weight is 198 g/mol. The molecule has 0 unspecified atom stereocenters. The first-order chi connectivity index (χ1) is 6.58. The monoisotopic (exact) mass is 198 g/mol. The molecule has 0 spiro atoms. The Bertz CT molecular complexity index is 184. The second-order valence-electron chi connectivity index (χ2n) is 4.71. The summed E-state index contributed by atoms with van der Waals surface area (Å²) < 4.78 is 0. The van der Waals surface area contributed by atoms with Crippen LogP contribution in [-0.4, -0.2) is 18.0 Å². The van der Waals surface area contributed by atoms with Crippen LogP contribution in [0.15, 0.2) is 0 Å². The highest BCUT2D eigenvalue weighted by atomic mass is 16.1. The molecule has 3 N–H and O–H groups in total. The Hall–Kier alpha value is -0.570. The second-order valence-corrected chi connectivity index (χ2v) is 4.71. The minimum atomic E-state index is -0.148. The maximum Gasteiger partial charge on any atom is 0.217 e. The van der Waals surface area contributed by atoms with Gasteiger partial charge < -0.3 is 11.1 Å². The molecule has 0 saturated heterocycles. The van der Waals surface area contributed by atoms with Gasteiger partial charge in [-0.3, -0.25) is 4.79 Å². The largest absolute Gasteiger partial charge is 0.370 e. The van der Waals surface area contributed by atoms with E-state index in [4.69, 9.17) is 5.73 Å². The number of carbonyl (C=O) groups is 1. The minimum absolute atomic E-state index is 0.148. The predicted molar refractivity (Wildman–Crippen MR) is 57.8 cm³/mol. The molecule has 0 aromatic rings. The van der Waals surface area contributed by atoms with E-state index in [1.165, 1.54) is 12.8 Å². The van der Waals surface area contributed by atoms with Gasteiger partial charge in [-0.05, 0) is 31.6 Å². The van der Waals surface area contributed by atoms with Gasteiger partial charge in [-0.15, -0.1) is 0 Å². The fourth-order valence-electron chi connectivity index (χ4n) is 2.29. The molecule has 1 aliphatic carbocycles. The quantitative estimate of drug-likeness (QED) is 0.717. The van der Waals surface area contributed by atoms with Crippen molar-refractivity contribution in [3.8, 4) is 0 Å². The number of primary amides is 1. The van der Waals surface area contributed by atoms with Crippen molar-refractivity contribution in [2.75, 3.05) is 0 Å². The molecule has 0 bridgehead atoms. The third-order valence-electron chi connectivity index (χ3n) is 2.91. The van der Waals surface area contributed by atoms with Gasteiger partial charge in [0.25, 0.3) is 0 Å². The van der Waals surface area contributed by atoms with Crippen LogP contribution in [0.5, 0.6) is 0 Å². The molecule has 1 rings (SSSR count). The van der Waals surface area contributed by atoms with Gasteiger partial charge in [-0.1, -0.05) is 13.8 Å². The highest BCUT2D eigenvalue weighted by molar-refractivity contribution is 5.73. The van der Waals surface area contributed by atoms with Gasteiger partial charge in [0.05, 0.1) is 0 Å². The lowest BCUT2D eigenvalue weighted by Crippen LogP contribution is -2.38. The maximum atomic E-state index is 10.7. The van der Waals surface area contributed by atoms with Crippen LogP contribution in [0.4, 0.5) is 0 Å². The van der Waals surface area contributed by atoms with E-state index in [9.17, 15) is 4.79 Å². The first-order valence-electron chi connectivity index (χ1n) is 5.62. The molecule has 0 aromatic heterocycles. The highest BCUT2D eigenvalue weighted by Gasteiger charge is 2.22. The second kappa shape index (κ2) is 5.35. The number of rotatable bonds is 4. The van der Waals surface area contributed by atoms with Crippen LogP contribution >= 0.6 is 0 Å². The highest BCUT2D eigenvalue weighted by Crippen LogP contribution is 2.26. The molecule has 1 saturated carbocycles. The predicted octanol–water partition coefficient (Wildman–Crippen LogP) is 1.42. The van der Waals surface area contributed by atoms with Crippen LogP contribution in [0.3, 0.4) is 0 Å². The van der Waals surface area contributed by atoms with Gasteiger partial charge in [0.2, 0.25) is 5.91 Å². The van der Waals surface area contributed by atoms with Crippen LogP contribution < -0.4 is 11.1 Å². The van der Waals surface area contributed by atoms with Crippen LogP contribution in [0.1, 0.15) is 46.0 Å². The summed E-state index contributed by atoms with van der Waals surface area (Å²) in [7, 11) is 0. The lowest BCUT2D eigenvalue weighted by Gasteiger charge is -2.29. The van der Waals surface area contributed by atoms with Gasteiger partial charge in [0, 0.05) is 18.5 Å². The van der Waals surface area contributed by atoms with Crippen LogP contribution in [0.2, 0.25) is 0 Å². The summed E-state index contributed by atoms with van der Waals surface area (Å²) in [6.45, 7) is 4.35. The summed E-state index contributed by atoms with van der Waals surface area (Å²) in [6, 6.07) is 1.21. The van der Waals surface area contributed by atoms with E-state index in [0.29, 0.717) is 24.4 Å². The lowest BCUT2D eigenvalue weighted by atomic mass is 9.84. The molecule has 0 radical (unpaired) electrons. The summed E-state index contributed by atoms with van der Waals surface area (Å²) >= 11 is 0. The van der Waals surface area contributed by atoms with E-state index >= 15 is 0 Å². The molecule has 14 heavy (non-hydrogen) atoms. The van der Waals surface area contributed by atoms with Crippen molar-refractivity contribution in [3.05, 3.63) is 0 Å². The number of carbonyl (C=O) groups excluding carboxylic acids is 1. The number of nitrogens with one attached hydrogen (secondary N) is 1. The van der Waals surface area contributed by atoms with E-state index in [-0.39, 0.29) is 5.91 Å². The van der Waals surface area contributed by atoms with Gasteiger partial charge in [0.1, 0.15) is 0 Å². The molecule has 1 amide bonds. The van der Waals surface area contributed by atoms with Crippen LogP contribution in [0, 0.1) is 5.92 Å². The topological polar surface area (TPSA) is 55.1 Å². The minimum Gasteiger partial charge on any atom is -0.370 e. The molecular weight excluding hydrogens is 176 g/mol. The fraction of sp³-hybridized carbons (Fsp3) is 0.909. The normalized spacial score (nSPS) is 27.9. The average Bonchev–Trinajstić information content (AvgIpc) is 2.06. The summed E-state index contributed by atoms with van der Waals surface area (Å²) in [6.07, 6.45) is 5.25. The standard InChI is InChI=1S/C11H22N2O/c1-8(2)13-10-5-3-9(4-6-10)7-11(12)14/h8-10,13H,3-7H2,1-2H3,(H2,12,14). The Morgan fingerprint density at radius 1 is 1.36 bits per heavy atom. The van der Waals surface area contributed by atoms with E-state index < -0.39 is 0 Å². The molecule has 1 aliphatic rings. The zero-order valence-electron chi connectivity index (χ0n) is 9.25. The zero-order valence-corrected chi connectivity index (χ0v) is 9.25. The van der Waals surface area contributed by atoms with Gasteiger partial charge in [-0.25, -0.2) is 0 Å². The van der Waals surface area contributed by atoms with Crippen molar-refractivity contribution in [1.29, 1.82) is 0 Å². The van der Waals surface area contributed by atoms with Crippen LogP contribution in [0.25, 0.3) is 0 Å². The van der Waals surface area contributed by atoms with Crippen molar-refractivity contribution in [2.24, 2.45) is 11.7 Å². The molecule has 1 fully saturated rings. The number of nitrogens with two attached hydrogens (primary N) is 1. The summed E-state index contributed by atoms with van der Waals surface area (Å²) in [5.74, 6) is 0.392. The molecule has 0 heterocycles.